The van der Waals surface area contributed by atoms with Crippen molar-refractivity contribution in [1.29, 1.82) is 0 Å². The topological polar surface area (TPSA) is 45.5 Å². The van der Waals surface area contributed by atoms with Crippen LogP contribution in [0.25, 0.3) is 10.9 Å². The summed E-state index contributed by atoms with van der Waals surface area (Å²) in [7, 11) is -1.42. The van der Waals surface area contributed by atoms with Gasteiger partial charge in [0.15, 0.2) is 0 Å². The number of ether oxygens (including phenoxy) is 1. The Morgan fingerprint density at radius 2 is 1.74 bits per heavy atom. The lowest BCUT2D eigenvalue weighted by molar-refractivity contribution is 0.00578. The van der Waals surface area contributed by atoms with Crippen molar-refractivity contribution in [2.24, 2.45) is 0 Å². The molecule has 1 aromatic carbocycles. The van der Waals surface area contributed by atoms with Gasteiger partial charge in [-0.05, 0) is 57.8 Å². The lowest BCUT2D eigenvalue weighted by atomic mass is 9.75. The van der Waals surface area contributed by atoms with Crippen LogP contribution in [0.15, 0.2) is 18.3 Å². The van der Waals surface area contributed by atoms with Gasteiger partial charge in [0.2, 0.25) is 0 Å². The summed E-state index contributed by atoms with van der Waals surface area (Å²) in [6.07, 6.45) is 1.92. The molecular weight excluding hydrogens is 355 g/mol. The number of hydrogen-bond donors (Lipinski definition) is 0. The normalized spacial score (nSPS) is 19.2. The van der Waals surface area contributed by atoms with Crippen LogP contribution in [0.2, 0.25) is 25.7 Å². The Hall–Kier alpha value is -1.15. The van der Waals surface area contributed by atoms with Crippen LogP contribution in [-0.2, 0) is 20.8 Å². The molecule has 0 unspecified atom stereocenters. The Morgan fingerprint density at radius 1 is 1.11 bits per heavy atom. The molecule has 5 nitrogen and oxygen atoms in total. The van der Waals surface area contributed by atoms with E-state index in [1.165, 1.54) is 0 Å². The highest BCUT2D eigenvalue weighted by atomic mass is 28.3. The smallest absolute Gasteiger partial charge is 0.399 e. The quantitative estimate of drug-likeness (QED) is 0.555. The van der Waals surface area contributed by atoms with Crippen LogP contribution < -0.4 is 5.46 Å². The van der Waals surface area contributed by atoms with Crippen LogP contribution >= 0.6 is 0 Å². The first-order chi connectivity index (χ1) is 12.4. The molecule has 1 aliphatic rings. The largest absolute Gasteiger partial charge is 0.495 e. The van der Waals surface area contributed by atoms with Crippen molar-refractivity contribution in [2.45, 2.75) is 78.2 Å². The number of fused-ring (bicyclic) bond motifs is 1. The number of nitrogens with zero attached hydrogens (tertiary/aromatic N) is 2. The molecule has 3 rings (SSSR count). The van der Waals surface area contributed by atoms with E-state index in [1.807, 2.05) is 10.9 Å². The second kappa shape index (κ2) is 7.03. The number of aryl methyl sites for hydroxylation is 1. The maximum Gasteiger partial charge on any atom is 0.495 e. The van der Waals surface area contributed by atoms with E-state index in [4.69, 9.17) is 14.0 Å². The molecule has 148 valence electrons. The van der Waals surface area contributed by atoms with Crippen LogP contribution in [0.1, 0.15) is 33.3 Å². The van der Waals surface area contributed by atoms with E-state index in [1.54, 1.807) is 0 Å². The van der Waals surface area contributed by atoms with Crippen molar-refractivity contribution < 1.29 is 14.0 Å². The summed E-state index contributed by atoms with van der Waals surface area (Å²) in [5, 5.41) is 5.66. The Kier molecular flexibility index (Phi) is 5.36. The second-order valence-electron chi connectivity index (χ2n) is 9.79. The van der Waals surface area contributed by atoms with Crippen LogP contribution in [0.4, 0.5) is 0 Å². The highest BCUT2D eigenvalue weighted by Crippen LogP contribution is 2.37. The van der Waals surface area contributed by atoms with E-state index in [0.717, 1.165) is 34.6 Å². The molecule has 2 aromatic rings. The van der Waals surface area contributed by atoms with Gasteiger partial charge in [-0.1, -0.05) is 25.7 Å². The van der Waals surface area contributed by atoms with Gasteiger partial charge in [0.1, 0.15) is 6.73 Å². The minimum Gasteiger partial charge on any atom is -0.399 e. The molecule has 1 saturated heterocycles. The van der Waals surface area contributed by atoms with E-state index in [9.17, 15) is 0 Å². The van der Waals surface area contributed by atoms with Gasteiger partial charge >= 0.3 is 7.12 Å². The van der Waals surface area contributed by atoms with Crippen LogP contribution in [0.5, 0.6) is 0 Å². The van der Waals surface area contributed by atoms with E-state index >= 15 is 0 Å². The minimum absolute atomic E-state index is 0.340. The lowest BCUT2D eigenvalue weighted by Crippen LogP contribution is -2.41. The molecule has 27 heavy (non-hydrogen) atoms. The maximum atomic E-state index is 6.23. The molecule has 0 saturated carbocycles. The Balaban J connectivity index is 1.77. The molecule has 1 fully saturated rings. The molecule has 0 atom stereocenters. The summed E-state index contributed by atoms with van der Waals surface area (Å²) in [4.78, 5) is 0. The van der Waals surface area contributed by atoms with Crippen molar-refractivity contribution in [3.8, 4) is 0 Å². The first-order valence-electron chi connectivity index (χ1n) is 9.80. The summed E-state index contributed by atoms with van der Waals surface area (Å²) in [6.45, 7) is 18.8. The first kappa shape index (κ1) is 20.6. The molecule has 1 aliphatic heterocycles. The fourth-order valence-electron chi connectivity index (χ4n) is 3.17. The molecule has 0 bridgehead atoms. The second-order valence-corrected chi connectivity index (χ2v) is 15.4. The Labute approximate surface area is 164 Å². The zero-order valence-electron chi connectivity index (χ0n) is 18.0. The molecule has 0 spiro atoms. The summed E-state index contributed by atoms with van der Waals surface area (Å²) in [6, 6.07) is 5.36. The molecule has 0 amide bonds. The number of rotatable bonds is 6. The fourth-order valence-corrected chi connectivity index (χ4v) is 3.92. The van der Waals surface area contributed by atoms with Crippen LogP contribution in [0, 0.1) is 6.92 Å². The first-order valence-corrected chi connectivity index (χ1v) is 13.5. The van der Waals surface area contributed by atoms with Crippen molar-refractivity contribution >= 4 is 31.6 Å². The molecular formula is C20H33BN2O3Si. The van der Waals surface area contributed by atoms with Crippen molar-refractivity contribution in [1.82, 2.24) is 9.78 Å². The Bertz CT molecular complexity index is 810. The summed E-state index contributed by atoms with van der Waals surface area (Å²) >= 11 is 0. The van der Waals surface area contributed by atoms with Crippen molar-refractivity contribution in [3.05, 3.63) is 23.9 Å². The molecule has 0 N–H and O–H groups in total. The van der Waals surface area contributed by atoms with E-state index in [-0.39, 0.29) is 18.3 Å². The van der Waals surface area contributed by atoms with Crippen LogP contribution in [0.3, 0.4) is 0 Å². The molecule has 7 heteroatoms. The van der Waals surface area contributed by atoms with Gasteiger partial charge in [-0.15, -0.1) is 0 Å². The molecule has 0 radical (unpaired) electrons. The highest BCUT2D eigenvalue weighted by molar-refractivity contribution is 6.76. The predicted molar refractivity (Wildman–Crippen MR) is 114 cm³/mol. The molecule has 1 aromatic heterocycles. The lowest BCUT2D eigenvalue weighted by Gasteiger charge is -2.32. The van der Waals surface area contributed by atoms with Gasteiger partial charge in [0, 0.05) is 20.1 Å². The van der Waals surface area contributed by atoms with Gasteiger partial charge in [-0.3, -0.25) is 0 Å². The SMILES string of the molecule is Cc1c(B2OC(C)(C)C(C)(C)O2)ccc2c1cnn2COCC[Si](C)(C)C. The fraction of sp³-hybridized carbons (Fsp3) is 0.650. The van der Waals surface area contributed by atoms with Gasteiger partial charge in [0.25, 0.3) is 0 Å². The predicted octanol–water partition coefficient (Wildman–Crippen LogP) is 3.96. The van der Waals surface area contributed by atoms with Gasteiger partial charge < -0.3 is 14.0 Å². The third kappa shape index (κ3) is 4.16. The summed E-state index contributed by atoms with van der Waals surface area (Å²) in [5.41, 5.74) is 2.63. The number of benzene rings is 1. The van der Waals surface area contributed by atoms with Gasteiger partial charge in [-0.25, -0.2) is 4.68 Å². The zero-order valence-corrected chi connectivity index (χ0v) is 19.0. The third-order valence-corrected chi connectivity index (χ3v) is 7.56. The Morgan fingerprint density at radius 3 is 2.33 bits per heavy atom. The number of hydrogen-bond acceptors (Lipinski definition) is 4. The third-order valence-electron chi connectivity index (χ3n) is 5.86. The van der Waals surface area contributed by atoms with Crippen LogP contribution in [-0.4, -0.2) is 42.8 Å². The average molecular weight is 388 g/mol. The standard InChI is InChI=1S/C20H33BN2O3Si/c1-15-16-13-22-23(14-24-11-12-27(6,7)8)18(16)10-9-17(15)21-25-19(2,3)20(4,5)26-21/h9-10,13H,11-12,14H2,1-8H3. The van der Waals surface area contributed by atoms with Gasteiger partial charge in [0.05, 0.1) is 22.9 Å². The van der Waals surface area contributed by atoms with Gasteiger partial charge in [-0.2, -0.15) is 5.10 Å². The zero-order chi connectivity index (χ0) is 20.0. The minimum atomic E-state index is -1.07. The highest BCUT2D eigenvalue weighted by Gasteiger charge is 2.52. The molecule has 0 aliphatic carbocycles. The summed E-state index contributed by atoms with van der Waals surface area (Å²) in [5.74, 6) is 0. The van der Waals surface area contributed by atoms with E-state index < -0.39 is 8.07 Å². The van der Waals surface area contributed by atoms with E-state index in [0.29, 0.717) is 6.73 Å². The average Bonchev–Trinajstić information content (AvgIpc) is 3.02. The van der Waals surface area contributed by atoms with E-state index in [2.05, 4.69) is 71.5 Å². The van der Waals surface area contributed by atoms with Crippen molar-refractivity contribution in [2.75, 3.05) is 6.61 Å². The monoisotopic (exact) mass is 388 g/mol. The number of aromatic nitrogens is 2. The molecule has 2 heterocycles. The summed E-state index contributed by atoms with van der Waals surface area (Å²) < 4.78 is 20.3. The maximum absolute atomic E-state index is 6.23. The van der Waals surface area contributed by atoms with Crippen molar-refractivity contribution in [3.63, 3.8) is 0 Å².